The Morgan fingerprint density at radius 1 is 1.29 bits per heavy atom. The van der Waals surface area contributed by atoms with Gasteiger partial charge < -0.3 is 20.3 Å². The van der Waals surface area contributed by atoms with Gasteiger partial charge in [-0.2, -0.15) is 5.01 Å². The number of aromatic hydroxyl groups is 1. The summed E-state index contributed by atoms with van der Waals surface area (Å²) in [5.74, 6) is -1.15. The number of nitrogens with one attached hydrogen (secondary N) is 1. The first-order valence-electron chi connectivity index (χ1n) is 9.70. The standard InChI is InChI=1S/C21H23FN4O5/c1-24-20(19(23)28)25-18-14-9-12(22)6-7-16(14)31-10-15(18)17(26(25)21(29)30-2)11-4-3-5-13(27)8-11/h3-9,15,17-18,20,24,27H,10H2,1-2H3,(H2,23,28)/t15-,17-,18?,20?/m1/s1. The van der Waals surface area contributed by atoms with Gasteiger partial charge in [-0.25, -0.2) is 14.2 Å². The number of hydrogen-bond acceptors (Lipinski definition) is 7. The highest BCUT2D eigenvalue weighted by Gasteiger charge is 2.57. The Balaban J connectivity index is 1.95. The van der Waals surface area contributed by atoms with E-state index in [0.717, 1.165) is 0 Å². The molecule has 4 rings (SSSR count). The van der Waals surface area contributed by atoms with Crippen LogP contribution in [0.4, 0.5) is 9.18 Å². The van der Waals surface area contributed by atoms with Crippen molar-refractivity contribution in [2.24, 2.45) is 11.7 Å². The number of nitrogens with zero attached hydrogens (tertiary/aromatic N) is 2. The largest absolute Gasteiger partial charge is 0.508 e. The first-order chi connectivity index (χ1) is 14.9. The zero-order valence-corrected chi connectivity index (χ0v) is 17.0. The minimum Gasteiger partial charge on any atom is -0.508 e. The fourth-order valence-corrected chi connectivity index (χ4v) is 4.54. The summed E-state index contributed by atoms with van der Waals surface area (Å²) in [6.07, 6.45) is -1.83. The molecule has 2 heterocycles. The molecule has 2 aromatic carbocycles. The number of ether oxygens (including phenoxy) is 2. The van der Waals surface area contributed by atoms with Crippen LogP contribution in [0.2, 0.25) is 0 Å². The number of phenols is 1. The average molecular weight is 430 g/mol. The quantitative estimate of drug-likeness (QED) is 0.675. The molecule has 2 aliphatic rings. The van der Waals surface area contributed by atoms with Gasteiger partial charge in [0, 0.05) is 11.5 Å². The van der Waals surface area contributed by atoms with Gasteiger partial charge in [0.25, 0.3) is 5.91 Å². The lowest BCUT2D eigenvalue weighted by Crippen LogP contribution is -2.58. The lowest BCUT2D eigenvalue weighted by Gasteiger charge is -2.38. The van der Waals surface area contributed by atoms with Gasteiger partial charge >= 0.3 is 6.09 Å². The normalized spacial score (nSPS) is 23.5. The molecule has 9 nitrogen and oxygen atoms in total. The topological polar surface area (TPSA) is 117 Å². The maximum Gasteiger partial charge on any atom is 0.424 e. The minimum atomic E-state index is -1.09. The Hall–Kier alpha value is -3.37. The number of phenolic OH excluding ortho intramolecular Hbond substituents is 1. The van der Waals surface area contributed by atoms with Gasteiger partial charge in [-0.05, 0) is 42.9 Å². The number of likely N-dealkylation sites (N-methyl/N-ethyl adjacent to an activating group) is 1. The number of benzene rings is 2. The molecule has 164 valence electrons. The van der Waals surface area contributed by atoms with E-state index in [1.165, 1.54) is 54.5 Å². The van der Waals surface area contributed by atoms with E-state index in [-0.39, 0.29) is 12.4 Å². The second-order valence-corrected chi connectivity index (χ2v) is 7.43. The average Bonchev–Trinajstić information content (AvgIpc) is 3.09. The van der Waals surface area contributed by atoms with Crippen molar-refractivity contribution in [2.45, 2.75) is 18.2 Å². The van der Waals surface area contributed by atoms with Gasteiger partial charge in [0.1, 0.15) is 17.3 Å². The molecule has 1 saturated heterocycles. The van der Waals surface area contributed by atoms with Gasteiger partial charge in [0.15, 0.2) is 6.17 Å². The predicted molar refractivity (Wildman–Crippen MR) is 107 cm³/mol. The van der Waals surface area contributed by atoms with E-state index >= 15 is 0 Å². The zero-order valence-electron chi connectivity index (χ0n) is 17.0. The van der Waals surface area contributed by atoms with Gasteiger partial charge in [-0.3, -0.25) is 10.1 Å². The van der Waals surface area contributed by atoms with Crippen LogP contribution in [-0.4, -0.2) is 54.1 Å². The summed E-state index contributed by atoms with van der Waals surface area (Å²) in [6, 6.07) is 9.27. The third kappa shape index (κ3) is 3.43. The molecule has 0 spiro atoms. The Morgan fingerprint density at radius 2 is 2.06 bits per heavy atom. The number of hydrogen-bond donors (Lipinski definition) is 3. The molecule has 2 aliphatic heterocycles. The van der Waals surface area contributed by atoms with Gasteiger partial charge in [0.2, 0.25) is 0 Å². The lowest BCUT2D eigenvalue weighted by atomic mass is 9.84. The van der Waals surface area contributed by atoms with E-state index in [0.29, 0.717) is 16.9 Å². The molecule has 2 unspecified atom stereocenters. The predicted octanol–water partition coefficient (Wildman–Crippen LogP) is 1.65. The smallest absolute Gasteiger partial charge is 0.424 e. The second-order valence-electron chi connectivity index (χ2n) is 7.43. The number of methoxy groups -OCH3 is 1. The summed E-state index contributed by atoms with van der Waals surface area (Å²) in [7, 11) is 2.76. The van der Waals surface area contributed by atoms with E-state index < -0.39 is 42.0 Å². The summed E-state index contributed by atoms with van der Waals surface area (Å²) in [5.41, 5.74) is 6.73. The Kier molecular flexibility index (Phi) is 5.42. The molecule has 0 radical (unpaired) electrons. The number of carbonyl (C=O) groups excluding carboxylic acids is 2. The number of hydrazine groups is 1. The summed E-state index contributed by atoms with van der Waals surface area (Å²) in [4.78, 5) is 25.3. The summed E-state index contributed by atoms with van der Waals surface area (Å²) in [6.45, 7) is 0.183. The van der Waals surface area contributed by atoms with Crippen LogP contribution >= 0.6 is 0 Å². The number of halogens is 1. The van der Waals surface area contributed by atoms with Crippen LogP contribution in [0.15, 0.2) is 42.5 Å². The van der Waals surface area contributed by atoms with Crippen molar-refractivity contribution in [3.63, 3.8) is 0 Å². The molecule has 4 atom stereocenters. The van der Waals surface area contributed by atoms with Crippen molar-refractivity contribution in [1.29, 1.82) is 0 Å². The fourth-order valence-electron chi connectivity index (χ4n) is 4.54. The van der Waals surface area contributed by atoms with Crippen molar-refractivity contribution >= 4 is 12.0 Å². The third-order valence-electron chi connectivity index (χ3n) is 5.71. The Bertz CT molecular complexity index is 1020. The van der Waals surface area contributed by atoms with Crippen LogP contribution < -0.4 is 15.8 Å². The molecule has 2 amide bonds. The molecule has 1 fully saturated rings. The highest BCUT2D eigenvalue weighted by Crippen LogP contribution is 2.54. The molecule has 31 heavy (non-hydrogen) atoms. The maximum absolute atomic E-state index is 14.2. The Morgan fingerprint density at radius 3 is 2.71 bits per heavy atom. The number of carbonyl (C=O) groups is 2. The van der Waals surface area contributed by atoms with Crippen molar-refractivity contribution in [3.05, 3.63) is 59.4 Å². The number of fused-ring (bicyclic) bond motifs is 3. The number of nitrogens with two attached hydrogens (primary N) is 1. The van der Waals surface area contributed by atoms with Crippen molar-refractivity contribution in [1.82, 2.24) is 15.3 Å². The van der Waals surface area contributed by atoms with Crippen molar-refractivity contribution in [3.8, 4) is 11.5 Å². The molecule has 0 bridgehead atoms. The molecular formula is C21H23FN4O5. The molecule has 0 aliphatic carbocycles. The Labute approximate surface area is 178 Å². The highest BCUT2D eigenvalue weighted by atomic mass is 19.1. The van der Waals surface area contributed by atoms with Crippen LogP contribution in [-0.2, 0) is 9.53 Å². The van der Waals surface area contributed by atoms with Crippen LogP contribution in [0, 0.1) is 11.7 Å². The van der Waals surface area contributed by atoms with Gasteiger partial charge in [0.05, 0.1) is 25.8 Å². The van der Waals surface area contributed by atoms with E-state index in [4.69, 9.17) is 15.2 Å². The summed E-state index contributed by atoms with van der Waals surface area (Å²) >= 11 is 0. The SMILES string of the molecule is CNC(C(N)=O)N1C2c3cc(F)ccc3OC[C@@H]2[C@@H](c2cccc(O)c2)N1C(=O)OC. The van der Waals surface area contributed by atoms with E-state index in [1.807, 2.05) is 0 Å². The molecule has 0 saturated carbocycles. The highest BCUT2D eigenvalue weighted by molar-refractivity contribution is 5.80. The molecular weight excluding hydrogens is 407 g/mol. The van der Waals surface area contributed by atoms with Crippen molar-refractivity contribution < 1.29 is 28.6 Å². The number of amides is 2. The van der Waals surface area contributed by atoms with E-state index in [2.05, 4.69) is 5.32 Å². The van der Waals surface area contributed by atoms with E-state index in [1.54, 1.807) is 12.1 Å². The van der Waals surface area contributed by atoms with Crippen LogP contribution in [0.25, 0.3) is 0 Å². The van der Waals surface area contributed by atoms with Crippen LogP contribution in [0.1, 0.15) is 23.2 Å². The fraction of sp³-hybridized carbons (Fsp3) is 0.333. The minimum absolute atomic E-state index is 0.0144. The molecule has 2 aromatic rings. The third-order valence-corrected chi connectivity index (χ3v) is 5.71. The second kappa shape index (κ2) is 8.05. The van der Waals surface area contributed by atoms with E-state index in [9.17, 15) is 19.1 Å². The monoisotopic (exact) mass is 430 g/mol. The molecule has 0 aromatic heterocycles. The summed E-state index contributed by atoms with van der Waals surface area (Å²) < 4.78 is 25.1. The number of rotatable bonds is 4. The van der Waals surface area contributed by atoms with Crippen molar-refractivity contribution in [2.75, 3.05) is 20.8 Å². The lowest BCUT2D eigenvalue weighted by molar-refractivity contribution is -0.134. The first-order valence-corrected chi connectivity index (χ1v) is 9.70. The van der Waals surface area contributed by atoms with Gasteiger partial charge in [-0.15, -0.1) is 0 Å². The maximum atomic E-state index is 14.2. The summed E-state index contributed by atoms with van der Waals surface area (Å²) in [5, 5.41) is 15.6. The molecule has 4 N–H and O–H groups in total. The molecule has 10 heteroatoms. The van der Waals surface area contributed by atoms with Crippen LogP contribution in [0.5, 0.6) is 11.5 Å². The zero-order chi connectivity index (χ0) is 22.3. The van der Waals surface area contributed by atoms with Crippen LogP contribution in [0.3, 0.4) is 0 Å². The first kappa shape index (κ1) is 20.9. The number of primary amides is 1. The van der Waals surface area contributed by atoms with Gasteiger partial charge in [-0.1, -0.05) is 12.1 Å².